The molecule has 0 radical (unpaired) electrons. The van der Waals surface area contributed by atoms with Crippen LogP contribution in [0.5, 0.6) is 0 Å². The Morgan fingerprint density at radius 3 is 2.80 bits per heavy atom. The van der Waals surface area contributed by atoms with Crippen molar-refractivity contribution in [2.75, 3.05) is 26.8 Å². The van der Waals surface area contributed by atoms with E-state index in [9.17, 15) is 13.2 Å². The van der Waals surface area contributed by atoms with Crippen LogP contribution in [-0.4, -0.2) is 55.6 Å². The minimum atomic E-state index is -3.80. The molecule has 0 bridgehead atoms. The number of aromatic nitrogens is 1. The molecule has 0 saturated carbocycles. The zero-order valence-corrected chi connectivity index (χ0v) is 12.6. The van der Waals surface area contributed by atoms with Gasteiger partial charge < -0.3 is 9.84 Å². The molecule has 9 heteroatoms. The maximum atomic E-state index is 12.4. The predicted octanol–water partition coefficient (Wildman–Crippen LogP) is 0.888. The molecule has 0 unspecified atom stereocenters. The number of sulfonamides is 1. The summed E-state index contributed by atoms with van der Waals surface area (Å²) in [6.07, 6.45) is 1.63. The molecule has 112 valence electrons. The molecule has 1 aliphatic rings. The van der Waals surface area contributed by atoms with E-state index < -0.39 is 21.7 Å². The van der Waals surface area contributed by atoms with Gasteiger partial charge in [0.05, 0.1) is 5.51 Å². The molecule has 0 spiro atoms. The number of hydrogen-bond donors (Lipinski definition) is 1. The Bertz CT molecular complexity index is 577. The number of hydrogen-bond acceptors (Lipinski definition) is 6. The van der Waals surface area contributed by atoms with E-state index >= 15 is 0 Å². The highest BCUT2D eigenvalue weighted by Gasteiger charge is 2.31. The van der Waals surface area contributed by atoms with Gasteiger partial charge >= 0.3 is 5.97 Å². The molecule has 0 aromatic carbocycles. The van der Waals surface area contributed by atoms with Gasteiger partial charge in [-0.15, -0.1) is 11.3 Å². The zero-order valence-electron chi connectivity index (χ0n) is 11.0. The average molecular weight is 320 g/mol. The molecule has 1 aromatic rings. The van der Waals surface area contributed by atoms with Crippen LogP contribution >= 0.6 is 11.3 Å². The maximum Gasteiger partial charge on any atom is 0.356 e. The van der Waals surface area contributed by atoms with Crippen LogP contribution < -0.4 is 0 Å². The number of aromatic carboxylic acids is 1. The van der Waals surface area contributed by atoms with E-state index in [-0.39, 0.29) is 10.1 Å². The van der Waals surface area contributed by atoms with Crippen molar-refractivity contribution in [1.29, 1.82) is 0 Å². The predicted molar refractivity (Wildman–Crippen MR) is 72.4 cm³/mol. The summed E-state index contributed by atoms with van der Waals surface area (Å²) >= 11 is 0.829. The van der Waals surface area contributed by atoms with Crippen molar-refractivity contribution in [2.45, 2.75) is 17.1 Å². The quantitative estimate of drug-likeness (QED) is 0.865. The second kappa shape index (κ2) is 6.17. The molecule has 2 rings (SSSR count). The van der Waals surface area contributed by atoms with E-state index in [2.05, 4.69) is 4.98 Å². The van der Waals surface area contributed by atoms with E-state index in [4.69, 9.17) is 9.84 Å². The third kappa shape index (κ3) is 3.17. The topological polar surface area (TPSA) is 96.8 Å². The first-order chi connectivity index (χ1) is 9.43. The van der Waals surface area contributed by atoms with Gasteiger partial charge in [0, 0.05) is 26.8 Å². The number of carboxylic acids is 1. The van der Waals surface area contributed by atoms with Crippen LogP contribution in [0.1, 0.15) is 23.3 Å². The van der Waals surface area contributed by atoms with Gasteiger partial charge in [-0.3, -0.25) is 0 Å². The summed E-state index contributed by atoms with van der Waals surface area (Å²) in [5, 5.41) is 8.97. The van der Waals surface area contributed by atoms with Gasteiger partial charge in [-0.05, 0) is 18.8 Å². The van der Waals surface area contributed by atoms with E-state index in [1.807, 2.05) is 0 Å². The minimum Gasteiger partial charge on any atom is -0.476 e. The Kier molecular flexibility index (Phi) is 4.74. The van der Waals surface area contributed by atoms with Crippen molar-refractivity contribution in [3.05, 3.63) is 11.2 Å². The molecule has 7 nitrogen and oxygen atoms in total. The summed E-state index contributed by atoms with van der Waals surface area (Å²) in [5.74, 6) is -1.09. The number of thiazole rings is 1. The van der Waals surface area contributed by atoms with Crippen molar-refractivity contribution >= 4 is 27.3 Å². The molecule has 1 aromatic heterocycles. The lowest BCUT2D eigenvalue weighted by Crippen LogP contribution is -2.34. The van der Waals surface area contributed by atoms with Gasteiger partial charge in [0.25, 0.3) is 10.0 Å². The van der Waals surface area contributed by atoms with Gasteiger partial charge in [-0.25, -0.2) is 18.2 Å². The Hall–Kier alpha value is -1.03. The minimum absolute atomic E-state index is 0.209. The van der Waals surface area contributed by atoms with Crippen molar-refractivity contribution < 1.29 is 23.1 Å². The van der Waals surface area contributed by atoms with Crippen LogP contribution in [0.3, 0.4) is 0 Å². The summed E-state index contributed by atoms with van der Waals surface area (Å²) < 4.78 is 31.0. The first-order valence-electron chi connectivity index (χ1n) is 6.13. The fourth-order valence-electron chi connectivity index (χ4n) is 2.09. The Labute approximate surface area is 121 Å². The summed E-state index contributed by atoms with van der Waals surface area (Å²) in [7, 11) is -2.33. The van der Waals surface area contributed by atoms with Crippen molar-refractivity contribution in [3.8, 4) is 0 Å². The number of rotatable bonds is 5. The van der Waals surface area contributed by atoms with Gasteiger partial charge in [-0.2, -0.15) is 4.31 Å². The zero-order chi connectivity index (χ0) is 14.8. The van der Waals surface area contributed by atoms with Gasteiger partial charge in [0.1, 0.15) is 0 Å². The van der Waals surface area contributed by atoms with Crippen LogP contribution in [0.15, 0.2) is 9.72 Å². The fourth-order valence-corrected chi connectivity index (χ4v) is 4.67. The summed E-state index contributed by atoms with van der Waals surface area (Å²) in [6.45, 7) is 1.64. The van der Waals surface area contributed by atoms with Crippen molar-refractivity contribution in [3.63, 3.8) is 0 Å². The number of ether oxygens (including phenoxy) is 1. The molecular weight excluding hydrogens is 304 g/mol. The summed E-state index contributed by atoms with van der Waals surface area (Å²) in [4.78, 5) is 14.6. The lowest BCUT2D eigenvalue weighted by Gasteiger charge is -2.26. The van der Waals surface area contributed by atoms with Crippen LogP contribution in [0.25, 0.3) is 0 Å². The second-order valence-corrected chi connectivity index (χ2v) is 7.73. The highest BCUT2D eigenvalue weighted by Crippen LogP contribution is 2.25. The standard InChI is InChI=1S/C11H16N2O5S2/c1-13(6-8-2-4-18-5-3-8)20(16,17)11-9(10(14)15)12-7-19-11/h7-8H,2-6H2,1H3,(H,14,15). The number of nitrogens with zero attached hydrogens (tertiary/aromatic N) is 2. The van der Waals surface area contributed by atoms with Crippen molar-refractivity contribution in [1.82, 2.24) is 9.29 Å². The highest BCUT2D eigenvalue weighted by atomic mass is 32.2. The number of carboxylic acid groups (broad SMARTS) is 1. The van der Waals surface area contributed by atoms with E-state index in [0.717, 1.165) is 24.2 Å². The maximum absolute atomic E-state index is 12.4. The van der Waals surface area contributed by atoms with Crippen molar-refractivity contribution in [2.24, 2.45) is 5.92 Å². The summed E-state index contributed by atoms with van der Waals surface area (Å²) in [5.41, 5.74) is 0.826. The second-order valence-electron chi connectivity index (χ2n) is 4.63. The molecule has 20 heavy (non-hydrogen) atoms. The SMILES string of the molecule is CN(CC1CCOCC1)S(=O)(=O)c1scnc1C(=O)O. The molecule has 0 aliphatic carbocycles. The Morgan fingerprint density at radius 1 is 1.55 bits per heavy atom. The Morgan fingerprint density at radius 2 is 2.20 bits per heavy atom. The van der Waals surface area contributed by atoms with E-state index in [0.29, 0.717) is 19.8 Å². The molecule has 0 amide bonds. The van der Waals surface area contributed by atoms with Crippen LogP contribution in [0.4, 0.5) is 0 Å². The van der Waals surface area contributed by atoms with Gasteiger partial charge in [-0.1, -0.05) is 0 Å². The molecule has 0 atom stereocenters. The Balaban J connectivity index is 2.16. The smallest absolute Gasteiger partial charge is 0.356 e. The first kappa shape index (κ1) is 15.4. The monoisotopic (exact) mass is 320 g/mol. The van der Waals surface area contributed by atoms with Gasteiger partial charge in [0.2, 0.25) is 0 Å². The normalized spacial score (nSPS) is 17.5. The first-order valence-corrected chi connectivity index (χ1v) is 8.45. The third-order valence-corrected chi connectivity index (χ3v) is 6.41. The molecule has 1 fully saturated rings. The van der Waals surface area contributed by atoms with Crippen LogP contribution in [0.2, 0.25) is 0 Å². The average Bonchev–Trinajstić information content (AvgIpc) is 2.89. The van der Waals surface area contributed by atoms with E-state index in [1.54, 1.807) is 0 Å². The molecule has 2 heterocycles. The molecular formula is C11H16N2O5S2. The molecule has 1 saturated heterocycles. The summed E-state index contributed by atoms with van der Waals surface area (Å²) in [6, 6.07) is 0. The number of carbonyl (C=O) groups is 1. The van der Waals surface area contributed by atoms with Gasteiger partial charge in [0.15, 0.2) is 9.90 Å². The van der Waals surface area contributed by atoms with Crippen LogP contribution in [-0.2, 0) is 14.8 Å². The lowest BCUT2D eigenvalue weighted by atomic mass is 10.0. The third-order valence-electron chi connectivity index (χ3n) is 3.24. The van der Waals surface area contributed by atoms with Crippen LogP contribution in [0, 0.1) is 5.92 Å². The molecule has 1 aliphatic heterocycles. The lowest BCUT2D eigenvalue weighted by molar-refractivity contribution is 0.0620. The largest absolute Gasteiger partial charge is 0.476 e. The highest BCUT2D eigenvalue weighted by molar-refractivity contribution is 7.91. The fraction of sp³-hybridized carbons (Fsp3) is 0.636. The molecule has 1 N–H and O–H groups in total. The van der Waals surface area contributed by atoms with E-state index in [1.165, 1.54) is 16.9 Å².